The molecule has 28 heavy (non-hydrogen) atoms. The maximum absolute atomic E-state index is 12.3. The Bertz CT molecular complexity index is 906. The molecule has 3 rings (SSSR count). The van der Waals surface area contributed by atoms with E-state index in [-0.39, 0.29) is 5.92 Å². The minimum Gasteiger partial charge on any atom is -0.481 e. The van der Waals surface area contributed by atoms with Gasteiger partial charge in [-0.05, 0) is 36.0 Å². The Morgan fingerprint density at radius 1 is 1.21 bits per heavy atom. The lowest BCUT2D eigenvalue weighted by molar-refractivity contribution is -0.145. The second-order valence-electron chi connectivity index (χ2n) is 8.08. The summed E-state index contributed by atoms with van der Waals surface area (Å²) in [4.78, 5) is 24.0. The van der Waals surface area contributed by atoms with Crippen LogP contribution in [0.1, 0.15) is 37.7 Å². The van der Waals surface area contributed by atoms with E-state index in [1.807, 2.05) is 50.2 Å². The molecule has 0 aliphatic heterocycles. The van der Waals surface area contributed by atoms with Crippen molar-refractivity contribution < 1.29 is 23.8 Å². The highest BCUT2D eigenvalue weighted by Crippen LogP contribution is 2.71. The van der Waals surface area contributed by atoms with Crippen LogP contribution in [0.5, 0.6) is 0 Å². The number of carboxylic acid groups (broad SMARTS) is 1. The van der Waals surface area contributed by atoms with Gasteiger partial charge in [0.1, 0.15) is 5.76 Å². The molecule has 0 bridgehead atoms. The standard InChI is InChI=1S/C23H26O5/c1-15(20(24)27-4)10-19-22(2,3)23(19,21(25)26)13-17-12-18(28-14-17)11-16-8-6-5-7-9-16/h5-10,12,14,19H,11,13H2,1-4H3,(H,25,26). The molecule has 0 amide bonds. The zero-order chi connectivity index (χ0) is 20.5. The van der Waals surface area contributed by atoms with E-state index < -0.39 is 22.8 Å². The van der Waals surface area contributed by atoms with Crippen LogP contribution < -0.4 is 0 Å². The summed E-state index contributed by atoms with van der Waals surface area (Å²) in [5.74, 6) is -0.750. The average molecular weight is 382 g/mol. The molecular formula is C23H26O5. The molecule has 5 heteroatoms. The molecule has 2 aromatic rings. The van der Waals surface area contributed by atoms with E-state index in [0.717, 1.165) is 16.9 Å². The van der Waals surface area contributed by atoms with Crippen molar-refractivity contribution in [2.45, 2.75) is 33.6 Å². The van der Waals surface area contributed by atoms with E-state index in [1.54, 1.807) is 19.3 Å². The molecule has 0 saturated heterocycles. The summed E-state index contributed by atoms with van der Waals surface area (Å²) in [5.41, 5.74) is 0.965. The molecule has 1 aromatic heterocycles. The lowest BCUT2D eigenvalue weighted by Gasteiger charge is -2.14. The molecule has 1 N–H and O–H groups in total. The molecule has 1 saturated carbocycles. The van der Waals surface area contributed by atoms with Crippen LogP contribution in [0.25, 0.3) is 0 Å². The number of allylic oxidation sites excluding steroid dienone is 1. The molecule has 5 nitrogen and oxygen atoms in total. The van der Waals surface area contributed by atoms with Crippen LogP contribution in [0.4, 0.5) is 0 Å². The summed E-state index contributed by atoms with van der Waals surface area (Å²) in [7, 11) is 1.32. The second kappa shape index (κ2) is 7.30. The fourth-order valence-electron chi connectivity index (χ4n) is 4.28. The third-order valence-corrected chi connectivity index (χ3v) is 6.09. The van der Waals surface area contributed by atoms with Crippen LogP contribution in [0, 0.1) is 16.7 Å². The van der Waals surface area contributed by atoms with Gasteiger partial charge in [-0.15, -0.1) is 0 Å². The number of aliphatic carboxylic acids is 1. The van der Waals surface area contributed by atoms with Gasteiger partial charge in [-0.25, -0.2) is 4.79 Å². The Morgan fingerprint density at radius 3 is 2.50 bits per heavy atom. The van der Waals surface area contributed by atoms with Gasteiger partial charge in [0.2, 0.25) is 0 Å². The summed E-state index contributed by atoms with van der Waals surface area (Å²) in [6.45, 7) is 5.51. The number of methoxy groups -OCH3 is 1. The van der Waals surface area contributed by atoms with Crippen LogP contribution >= 0.6 is 0 Å². The Morgan fingerprint density at radius 2 is 1.89 bits per heavy atom. The molecule has 148 valence electrons. The first-order chi connectivity index (χ1) is 13.2. The average Bonchev–Trinajstić information content (AvgIpc) is 2.95. The zero-order valence-corrected chi connectivity index (χ0v) is 16.7. The highest BCUT2D eigenvalue weighted by Gasteiger charge is 2.74. The van der Waals surface area contributed by atoms with E-state index in [0.29, 0.717) is 18.4 Å². The van der Waals surface area contributed by atoms with Gasteiger partial charge >= 0.3 is 11.9 Å². The van der Waals surface area contributed by atoms with Crippen LogP contribution in [0.3, 0.4) is 0 Å². The second-order valence-corrected chi connectivity index (χ2v) is 8.08. The Kier molecular flexibility index (Phi) is 5.20. The maximum Gasteiger partial charge on any atom is 0.333 e. The van der Waals surface area contributed by atoms with Crippen molar-refractivity contribution in [2.75, 3.05) is 7.11 Å². The number of ether oxygens (including phenoxy) is 1. The first-order valence-corrected chi connectivity index (χ1v) is 9.32. The van der Waals surface area contributed by atoms with Crippen molar-refractivity contribution in [2.24, 2.45) is 16.7 Å². The van der Waals surface area contributed by atoms with Gasteiger partial charge in [-0.1, -0.05) is 50.3 Å². The lowest BCUT2D eigenvalue weighted by Crippen LogP contribution is -2.24. The number of carbonyl (C=O) groups excluding carboxylic acids is 1. The van der Waals surface area contributed by atoms with Crippen molar-refractivity contribution in [3.8, 4) is 0 Å². The normalized spacial score (nSPS) is 23.3. The van der Waals surface area contributed by atoms with Crippen LogP contribution in [0.2, 0.25) is 0 Å². The van der Waals surface area contributed by atoms with E-state index >= 15 is 0 Å². The number of esters is 1. The number of hydrogen-bond donors (Lipinski definition) is 1. The molecule has 1 fully saturated rings. The quantitative estimate of drug-likeness (QED) is 0.572. The largest absolute Gasteiger partial charge is 0.481 e. The van der Waals surface area contributed by atoms with Gasteiger partial charge in [-0.2, -0.15) is 0 Å². The van der Waals surface area contributed by atoms with Crippen molar-refractivity contribution in [1.82, 2.24) is 0 Å². The summed E-state index contributed by atoms with van der Waals surface area (Å²) < 4.78 is 10.4. The summed E-state index contributed by atoms with van der Waals surface area (Å²) in [6, 6.07) is 11.9. The maximum atomic E-state index is 12.3. The molecule has 1 aromatic carbocycles. The van der Waals surface area contributed by atoms with Gasteiger partial charge in [0, 0.05) is 17.9 Å². The molecule has 1 heterocycles. The zero-order valence-electron chi connectivity index (χ0n) is 16.7. The SMILES string of the molecule is COC(=O)C(C)=CC1C(C)(C)C1(Cc1coc(Cc2ccccc2)c1)C(=O)O. The molecule has 0 spiro atoms. The minimum absolute atomic E-state index is 0.260. The van der Waals surface area contributed by atoms with E-state index in [4.69, 9.17) is 9.15 Å². The van der Waals surface area contributed by atoms with Crippen LogP contribution in [0.15, 0.2) is 58.7 Å². The number of carbonyl (C=O) groups is 2. The number of hydrogen-bond acceptors (Lipinski definition) is 4. The van der Waals surface area contributed by atoms with Gasteiger partial charge < -0.3 is 14.3 Å². The van der Waals surface area contributed by atoms with Crippen molar-refractivity contribution in [1.29, 1.82) is 0 Å². The van der Waals surface area contributed by atoms with Gasteiger partial charge in [-0.3, -0.25) is 4.79 Å². The van der Waals surface area contributed by atoms with E-state index in [1.165, 1.54) is 7.11 Å². The molecule has 1 aliphatic rings. The highest BCUT2D eigenvalue weighted by molar-refractivity contribution is 5.89. The summed E-state index contributed by atoms with van der Waals surface area (Å²) >= 11 is 0. The number of benzene rings is 1. The Hall–Kier alpha value is -2.82. The third-order valence-electron chi connectivity index (χ3n) is 6.09. The Balaban J connectivity index is 1.82. The molecule has 2 atom stereocenters. The fraction of sp³-hybridized carbons (Fsp3) is 0.391. The third kappa shape index (κ3) is 3.37. The van der Waals surface area contributed by atoms with Crippen molar-refractivity contribution in [3.05, 3.63) is 71.2 Å². The monoisotopic (exact) mass is 382 g/mol. The van der Waals surface area contributed by atoms with Gasteiger partial charge in [0.25, 0.3) is 0 Å². The predicted molar refractivity (Wildman–Crippen MR) is 105 cm³/mol. The lowest BCUT2D eigenvalue weighted by atomic mass is 9.89. The van der Waals surface area contributed by atoms with E-state index in [2.05, 4.69) is 0 Å². The van der Waals surface area contributed by atoms with Crippen LogP contribution in [-0.2, 0) is 27.2 Å². The van der Waals surface area contributed by atoms with Crippen molar-refractivity contribution in [3.63, 3.8) is 0 Å². The van der Waals surface area contributed by atoms with Gasteiger partial charge in [0.15, 0.2) is 0 Å². The van der Waals surface area contributed by atoms with Gasteiger partial charge in [0.05, 0.1) is 18.8 Å². The first kappa shape index (κ1) is 19.9. The number of carboxylic acids is 1. The Labute approximate surface area is 165 Å². The molecular weight excluding hydrogens is 356 g/mol. The van der Waals surface area contributed by atoms with Crippen LogP contribution in [-0.4, -0.2) is 24.2 Å². The predicted octanol–water partition coefficient (Wildman–Crippen LogP) is 4.26. The minimum atomic E-state index is -0.976. The topological polar surface area (TPSA) is 76.7 Å². The highest BCUT2D eigenvalue weighted by atomic mass is 16.5. The molecule has 2 unspecified atom stereocenters. The molecule has 1 aliphatic carbocycles. The van der Waals surface area contributed by atoms with Crippen molar-refractivity contribution >= 4 is 11.9 Å². The smallest absolute Gasteiger partial charge is 0.333 e. The number of furan rings is 1. The van der Waals surface area contributed by atoms with E-state index in [9.17, 15) is 14.7 Å². The molecule has 0 radical (unpaired) electrons. The number of rotatable bonds is 7. The summed E-state index contributed by atoms with van der Waals surface area (Å²) in [5, 5.41) is 10.0. The first-order valence-electron chi connectivity index (χ1n) is 9.32. The summed E-state index contributed by atoms with van der Waals surface area (Å²) in [6.07, 6.45) is 4.40. The fourth-order valence-corrected chi connectivity index (χ4v) is 4.28.